The van der Waals surface area contributed by atoms with Crippen molar-refractivity contribution in [3.8, 4) is 5.75 Å². The molecule has 1 aliphatic rings. The molecule has 1 fully saturated rings. The fraction of sp³-hybridized carbons (Fsp3) is 0.316. The zero-order valence-corrected chi connectivity index (χ0v) is 14.6. The Morgan fingerprint density at radius 2 is 1.80 bits per heavy atom. The van der Waals surface area contributed by atoms with Crippen molar-refractivity contribution in [3.63, 3.8) is 0 Å². The number of urea groups is 1. The first-order chi connectivity index (χ1) is 12.2. The van der Waals surface area contributed by atoms with Gasteiger partial charge in [0.2, 0.25) is 0 Å². The summed E-state index contributed by atoms with van der Waals surface area (Å²) in [6.45, 7) is 5.94. The van der Waals surface area contributed by atoms with Crippen molar-refractivity contribution >= 4 is 23.1 Å². The van der Waals surface area contributed by atoms with Gasteiger partial charge >= 0.3 is 6.03 Å². The fourth-order valence-corrected chi connectivity index (χ4v) is 2.99. The van der Waals surface area contributed by atoms with Crippen molar-refractivity contribution in [1.82, 2.24) is 5.32 Å². The van der Waals surface area contributed by atoms with Crippen LogP contribution in [-0.4, -0.2) is 39.3 Å². The second-order valence-electron chi connectivity index (χ2n) is 6.02. The summed E-state index contributed by atoms with van der Waals surface area (Å²) in [6, 6.07) is 13.3. The Morgan fingerprint density at radius 1 is 1.08 bits per heavy atom. The Hall–Kier alpha value is -2.73. The van der Waals surface area contributed by atoms with E-state index in [4.69, 9.17) is 4.74 Å². The third-order valence-corrected chi connectivity index (χ3v) is 4.27. The minimum absolute atomic E-state index is 0.293. The smallest absolute Gasteiger partial charge is 0.323 e. The number of nitrogens with zero attached hydrogens (tertiary/aromatic N) is 1. The summed E-state index contributed by atoms with van der Waals surface area (Å²) < 4.78 is 5.36. The predicted molar refractivity (Wildman–Crippen MR) is 102 cm³/mol. The molecule has 0 aromatic heterocycles. The van der Waals surface area contributed by atoms with Crippen LogP contribution < -0.4 is 25.6 Å². The summed E-state index contributed by atoms with van der Waals surface area (Å²) in [7, 11) is 1.60. The van der Waals surface area contributed by atoms with Gasteiger partial charge in [-0.15, -0.1) is 0 Å². The molecular weight excluding hydrogens is 316 g/mol. The van der Waals surface area contributed by atoms with E-state index in [9.17, 15) is 4.79 Å². The summed E-state index contributed by atoms with van der Waals surface area (Å²) in [5, 5.41) is 9.03. The van der Waals surface area contributed by atoms with E-state index in [0.717, 1.165) is 37.4 Å². The van der Waals surface area contributed by atoms with Gasteiger partial charge in [-0.3, -0.25) is 0 Å². The van der Waals surface area contributed by atoms with Crippen molar-refractivity contribution in [3.05, 3.63) is 48.0 Å². The van der Waals surface area contributed by atoms with Gasteiger partial charge in [0.25, 0.3) is 0 Å². The SMILES string of the molecule is COc1c(C)cccc1NC(=O)Nc1ccc(N2CCNCC2)cc1. The van der Waals surface area contributed by atoms with Crippen LogP contribution in [0.2, 0.25) is 0 Å². The van der Waals surface area contributed by atoms with Crippen molar-refractivity contribution in [2.75, 3.05) is 48.8 Å². The van der Waals surface area contributed by atoms with Crippen molar-refractivity contribution < 1.29 is 9.53 Å². The van der Waals surface area contributed by atoms with Crippen LogP contribution in [0, 0.1) is 6.92 Å². The number of carbonyl (C=O) groups excluding carboxylic acids is 1. The summed E-state index contributed by atoms with van der Waals surface area (Å²) in [4.78, 5) is 14.6. The van der Waals surface area contributed by atoms with Gasteiger partial charge in [0.15, 0.2) is 0 Å². The van der Waals surface area contributed by atoms with E-state index in [2.05, 4.69) is 20.9 Å². The zero-order valence-electron chi connectivity index (χ0n) is 14.6. The van der Waals surface area contributed by atoms with Crippen LogP contribution in [0.4, 0.5) is 21.9 Å². The maximum Gasteiger partial charge on any atom is 0.323 e. The highest BCUT2D eigenvalue weighted by Gasteiger charge is 2.12. The summed E-state index contributed by atoms with van der Waals surface area (Å²) in [5.41, 5.74) is 3.55. The average molecular weight is 340 g/mol. The highest BCUT2D eigenvalue weighted by atomic mass is 16.5. The molecular formula is C19H24N4O2. The molecule has 1 saturated heterocycles. The third-order valence-electron chi connectivity index (χ3n) is 4.27. The van der Waals surface area contributed by atoms with Gasteiger partial charge in [-0.05, 0) is 42.8 Å². The molecule has 0 unspecified atom stereocenters. The van der Waals surface area contributed by atoms with Crippen LogP contribution >= 0.6 is 0 Å². The van der Waals surface area contributed by atoms with E-state index in [-0.39, 0.29) is 6.03 Å². The van der Waals surface area contributed by atoms with Crippen molar-refractivity contribution in [2.45, 2.75) is 6.92 Å². The molecule has 0 spiro atoms. The molecule has 6 heteroatoms. The van der Waals surface area contributed by atoms with Crippen LogP contribution in [0.5, 0.6) is 5.75 Å². The van der Waals surface area contributed by atoms with Crippen LogP contribution in [0.15, 0.2) is 42.5 Å². The molecule has 1 aliphatic heterocycles. The number of ether oxygens (including phenoxy) is 1. The first kappa shape index (κ1) is 17.1. The number of aryl methyl sites for hydroxylation is 1. The lowest BCUT2D eigenvalue weighted by atomic mass is 10.2. The molecule has 3 rings (SSSR count). The Labute approximate surface area is 148 Å². The quantitative estimate of drug-likeness (QED) is 0.800. The van der Waals surface area contributed by atoms with Crippen LogP contribution in [-0.2, 0) is 0 Å². The largest absolute Gasteiger partial charge is 0.494 e. The monoisotopic (exact) mass is 340 g/mol. The summed E-state index contributed by atoms with van der Waals surface area (Å²) in [5.74, 6) is 0.673. The summed E-state index contributed by atoms with van der Waals surface area (Å²) in [6.07, 6.45) is 0. The first-order valence-corrected chi connectivity index (χ1v) is 8.45. The molecule has 2 amide bonds. The Bertz CT molecular complexity index is 725. The van der Waals surface area contributed by atoms with Gasteiger partial charge < -0.3 is 25.6 Å². The molecule has 1 heterocycles. The number of hydrogen-bond donors (Lipinski definition) is 3. The van der Waals surface area contributed by atoms with Gasteiger partial charge in [-0.25, -0.2) is 4.79 Å². The second kappa shape index (κ2) is 7.90. The van der Waals surface area contributed by atoms with Crippen LogP contribution in [0.3, 0.4) is 0 Å². The van der Waals surface area contributed by atoms with Crippen molar-refractivity contribution in [1.29, 1.82) is 0 Å². The second-order valence-corrected chi connectivity index (χ2v) is 6.02. The Morgan fingerprint density at radius 3 is 2.48 bits per heavy atom. The lowest BCUT2D eigenvalue weighted by Crippen LogP contribution is -2.43. The maximum atomic E-state index is 12.3. The molecule has 0 bridgehead atoms. The highest BCUT2D eigenvalue weighted by molar-refractivity contribution is 6.00. The van der Waals surface area contributed by atoms with Gasteiger partial charge in [-0.2, -0.15) is 0 Å². The van der Waals surface area contributed by atoms with Crippen LogP contribution in [0.25, 0.3) is 0 Å². The number of nitrogens with one attached hydrogen (secondary N) is 3. The molecule has 132 valence electrons. The minimum atomic E-state index is -0.293. The number of anilines is 3. The number of amides is 2. The molecule has 0 radical (unpaired) electrons. The van der Waals surface area contributed by atoms with E-state index < -0.39 is 0 Å². The number of hydrogen-bond acceptors (Lipinski definition) is 4. The standard InChI is InChI=1S/C19H24N4O2/c1-14-4-3-5-17(18(14)25-2)22-19(24)21-15-6-8-16(9-7-15)23-12-10-20-11-13-23/h3-9,20H,10-13H2,1-2H3,(H2,21,22,24). The molecule has 25 heavy (non-hydrogen) atoms. The molecule has 2 aromatic rings. The fourth-order valence-electron chi connectivity index (χ4n) is 2.99. The molecule has 2 aromatic carbocycles. The summed E-state index contributed by atoms with van der Waals surface area (Å²) >= 11 is 0. The van der Waals surface area contributed by atoms with Gasteiger partial charge in [0, 0.05) is 37.6 Å². The van der Waals surface area contributed by atoms with Gasteiger partial charge in [-0.1, -0.05) is 12.1 Å². The molecule has 6 nitrogen and oxygen atoms in total. The van der Waals surface area contributed by atoms with E-state index in [1.165, 1.54) is 5.69 Å². The minimum Gasteiger partial charge on any atom is -0.494 e. The number of benzene rings is 2. The number of rotatable bonds is 4. The van der Waals surface area contributed by atoms with Crippen LogP contribution in [0.1, 0.15) is 5.56 Å². The van der Waals surface area contributed by atoms with E-state index >= 15 is 0 Å². The normalized spacial score (nSPS) is 14.1. The van der Waals surface area contributed by atoms with E-state index in [1.54, 1.807) is 7.11 Å². The Balaban J connectivity index is 1.62. The van der Waals surface area contributed by atoms with E-state index in [1.807, 2.05) is 49.4 Å². The molecule has 3 N–H and O–H groups in total. The third kappa shape index (κ3) is 4.22. The molecule has 0 atom stereocenters. The Kier molecular flexibility index (Phi) is 5.40. The average Bonchev–Trinajstić information content (AvgIpc) is 2.63. The van der Waals surface area contributed by atoms with Gasteiger partial charge in [0.1, 0.15) is 5.75 Å². The van der Waals surface area contributed by atoms with E-state index in [0.29, 0.717) is 11.4 Å². The maximum absolute atomic E-state index is 12.3. The molecule has 0 aliphatic carbocycles. The lowest BCUT2D eigenvalue weighted by molar-refractivity contribution is 0.262. The zero-order chi connectivity index (χ0) is 17.6. The lowest BCUT2D eigenvalue weighted by Gasteiger charge is -2.29. The van der Waals surface area contributed by atoms with Gasteiger partial charge in [0.05, 0.1) is 12.8 Å². The predicted octanol–water partition coefficient (Wildman–Crippen LogP) is 3.06. The number of carbonyl (C=O) groups is 1. The highest BCUT2D eigenvalue weighted by Crippen LogP contribution is 2.28. The number of methoxy groups -OCH3 is 1. The first-order valence-electron chi connectivity index (χ1n) is 8.45. The molecule has 0 saturated carbocycles. The topological polar surface area (TPSA) is 65.6 Å². The number of piperazine rings is 1. The van der Waals surface area contributed by atoms with Crippen molar-refractivity contribution in [2.24, 2.45) is 0 Å². The number of para-hydroxylation sites is 1.